The van der Waals surface area contributed by atoms with Crippen molar-refractivity contribution in [1.82, 2.24) is 5.32 Å². The number of carboxylic acids is 1. The third-order valence-electron chi connectivity index (χ3n) is 2.92. The molecule has 4 N–H and O–H groups in total. The van der Waals surface area contributed by atoms with Crippen molar-refractivity contribution >= 4 is 5.97 Å². The summed E-state index contributed by atoms with van der Waals surface area (Å²) < 4.78 is 0. The van der Waals surface area contributed by atoms with Gasteiger partial charge in [-0.25, -0.2) is 4.79 Å². The number of hydrogen-bond acceptors (Lipinski definition) is 4. The summed E-state index contributed by atoms with van der Waals surface area (Å²) >= 11 is 0. The summed E-state index contributed by atoms with van der Waals surface area (Å²) in [6.07, 6.45) is 1.35. The largest absolute Gasteiger partial charge is 0.479 e. The van der Waals surface area contributed by atoms with Crippen molar-refractivity contribution in [3.05, 3.63) is 0 Å². The lowest BCUT2D eigenvalue weighted by Gasteiger charge is -2.33. The lowest BCUT2D eigenvalue weighted by molar-refractivity contribution is -0.156. The minimum atomic E-state index is -1.80. The van der Waals surface area contributed by atoms with E-state index in [9.17, 15) is 15.0 Å². The number of carbonyl (C=O) groups is 1. The van der Waals surface area contributed by atoms with Crippen LogP contribution in [0.3, 0.4) is 0 Å². The van der Waals surface area contributed by atoms with Gasteiger partial charge in [0.15, 0.2) is 5.60 Å². The van der Waals surface area contributed by atoms with Crippen molar-refractivity contribution in [3.8, 4) is 0 Å². The van der Waals surface area contributed by atoms with E-state index in [2.05, 4.69) is 5.32 Å². The van der Waals surface area contributed by atoms with Gasteiger partial charge >= 0.3 is 5.97 Å². The lowest BCUT2D eigenvalue weighted by atomic mass is 9.92. The van der Waals surface area contributed by atoms with E-state index in [0.717, 1.165) is 0 Å². The van der Waals surface area contributed by atoms with E-state index in [1.54, 1.807) is 0 Å². The van der Waals surface area contributed by atoms with Crippen LogP contribution in [0.2, 0.25) is 0 Å². The smallest absolute Gasteiger partial charge is 0.336 e. The molecule has 0 rings (SSSR count). The Morgan fingerprint density at radius 3 is 2.07 bits per heavy atom. The summed E-state index contributed by atoms with van der Waals surface area (Å²) in [4.78, 5) is 10.7. The second-order valence-electron chi connectivity index (χ2n) is 4.08. The Bertz CT molecular complexity index is 203. The molecule has 5 heteroatoms. The van der Waals surface area contributed by atoms with Gasteiger partial charge in [0, 0.05) is 12.1 Å². The second-order valence-corrected chi connectivity index (χ2v) is 4.08. The zero-order valence-electron chi connectivity index (χ0n) is 9.58. The maximum Gasteiger partial charge on any atom is 0.336 e. The molecule has 0 saturated heterocycles. The molecule has 0 aromatic rings. The molecule has 15 heavy (non-hydrogen) atoms. The molecule has 1 atom stereocenters. The van der Waals surface area contributed by atoms with E-state index in [-0.39, 0.29) is 13.2 Å². The van der Waals surface area contributed by atoms with E-state index in [0.29, 0.717) is 12.8 Å². The molecule has 0 radical (unpaired) electrons. The molecule has 0 spiro atoms. The maximum absolute atomic E-state index is 10.7. The molecular weight excluding hydrogens is 198 g/mol. The third-order valence-corrected chi connectivity index (χ3v) is 2.92. The van der Waals surface area contributed by atoms with Gasteiger partial charge in [-0.2, -0.15) is 0 Å². The van der Waals surface area contributed by atoms with Gasteiger partial charge in [0.1, 0.15) is 0 Å². The van der Waals surface area contributed by atoms with Crippen molar-refractivity contribution in [3.63, 3.8) is 0 Å². The minimum absolute atomic E-state index is 0.0737. The van der Waals surface area contributed by atoms with Crippen molar-refractivity contribution in [2.75, 3.05) is 13.2 Å². The number of aliphatic hydroxyl groups excluding tert-OH is 1. The number of carboxylic acid groups (broad SMARTS) is 1. The van der Waals surface area contributed by atoms with Crippen molar-refractivity contribution in [1.29, 1.82) is 0 Å². The number of β-amino-alcohol motifs (C(OH)–C–C–N with tert-alkyl or cyclic N) is 1. The Morgan fingerprint density at radius 1 is 1.33 bits per heavy atom. The summed E-state index contributed by atoms with van der Waals surface area (Å²) in [5, 5.41) is 30.3. The molecule has 0 fully saturated rings. The van der Waals surface area contributed by atoms with E-state index in [1.807, 2.05) is 13.8 Å². The average molecular weight is 219 g/mol. The number of rotatable bonds is 7. The Hall–Kier alpha value is -0.650. The first kappa shape index (κ1) is 14.3. The fraction of sp³-hybridized carbons (Fsp3) is 0.900. The van der Waals surface area contributed by atoms with Crippen LogP contribution in [0, 0.1) is 0 Å². The predicted octanol–water partition coefficient (Wildman–Crippen LogP) is -0.0373. The second kappa shape index (κ2) is 5.44. The van der Waals surface area contributed by atoms with E-state index < -0.39 is 17.1 Å². The minimum Gasteiger partial charge on any atom is -0.479 e. The summed E-state index contributed by atoms with van der Waals surface area (Å²) in [5.41, 5.74) is -2.30. The third kappa shape index (κ3) is 3.77. The molecule has 0 saturated carbocycles. The monoisotopic (exact) mass is 219 g/mol. The highest BCUT2D eigenvalue weighted by atomic mass is 16.4. The zero-order valence-corrected chi connectivity index (χ0v) is 9.58. The molecule has 0 bridgehead atoms. The van der Waals surface area contributed by atoms with Gasteiger partial charge in [-0.15, -0.1) is 0 Å². The number of hydrogen-bond donors (Lipinski definition) is 4. The molecule has 90 valence electrons. The highest BCUT2D eigenvalue weighted by Crippen LogP contribution is 2.15. The molecule has 0 aliphatic heterocycles. The molecule has 5 nitrogen and oxygen atoms in total. The van der Waals surface area contributed by atoms with E-state index in [1.165, 1.54) is 6.92 Å². The topological polar surface area (TPSA) is 89.8 Å². The maximum atomic E-state index is 10.7. The molecule has 0 aliphatic rings. The van der Waals surface area contributed by atoms with Gasteiger partial charge in [0.2, 0.25) is 0 Å². The first-order valence-corrected chi connectivity index (χ1v) is 5.15. The predicted molar refractivity (Wildman–Crippen MR) is 56.7 cm³/mol. The number of aliphatic hydroxyl groups is 2. The van der Waals surface area contributed by atoms with E-state index in [4.69, 9.17) is 5.11 Å². The fourth-order valence-electron chi connectivity index (χ4n) is 1.21. The van der Waals surface area contributed by atoms with Crippen LogP contribution >= 0.6 is 0 Å². The Balaban J connectivity index is 4.40. The van der Waals surface area contributed by atoms with Crippen LogP contribution in [0.5, 0.6) is 0 Å². The van der Waals surface area contributed by atoms with E-state index >= 15 is 0 Å². The van der Waals surface area contributed by atoms with Gasteiger partial charge in [-0.3, -0.25) is 0 Å². The van der Waals surface area contributed by atoms with Gasteiger partial charge in [-0.1, -0.05) is 13.8 Å². The van der Waals surface area contributed by atoms with Crippen LogP contribution in [-0.4, -0.2) is 45.6 Å². The standard InChI is InChI=1S/C10H21NO4/c1-4-10(5-2,7-12)11-6-9(3,15)8(13)14/h11-12,15H,4-7H2,1-3H3,(H,13,14). The van der Waals surface area contributed by atoms with Crippen LogP contribution < -0.4 is 5.32 Å². The zero-order chi connectivity index (χ0) is 12.1. The normalized spacial score (nSPS) is 16.1. The van der Waals surface area contributed by atoms with Gasteiger partial charge in [-0.05, 0) is 19.8 Å². The molecule has 0 heterocycles. The fourth-order valence-corrected chi connectivity index (χ4v) is 1.21. The van der Waals surface area contributed by atoms with Crippen LogP contribution in [0.25, 0.3) is 0 Å². The molecule has 1 unspecified atom stereocenters. The van der Waals surface area contributed by atoms with Crippen molar-refractivity contribution in [2.24, 2.45) is 0 Å². The lowest BCUT2D eigenvalue weighted by Crippen LogP contribution is -2.55. The summed E-state index contributed by atoms with van der Waals surface area (Å²) in [6, 6.07) is 0. The van der Waals surface area contributed by atoms with Crippen LogP contribution in [0.4, 0.5) is 0 Å². The molecule has 0 aromatic heterocycles. The summed E-state index contributed by atoms with van der Waals surface area (Å²) in [5.74, 6) is -1.27. The van der Waals surface area contributed by atoms with Gasteiger partial charge in [0.05, 0.1) is 6.61 Å². The molecular formula is C10H21NO4. The van der Waals surface area contributed by atoms with Crippen LogP contribution in [-0.2, 0) is 4.79 Å². The van der Waals surface area contributed by atoms with Crippen LogP contribution in [0.1, 0.15) is 33.6 Å². The quantitative estimate of drug-likeness (QED) is 0.482. The Kier molecular flexibility index (Phi) is 5.20. The number of aliphatic carboxylic acids is 1. The Labute approximate surface area is 90.1 Å². The first-order chi connectivity index (χ1) is 6.83. The van der Waals surface area contributed by atoms with Gasteiger partial charge in [0.25, 0.3) is 0 Å². The molecule has 0 aliphatic carbocycles. The SMILES string of the molecule is CCC(CC)(CO)NCC(C)(O)C(=O)O. The van der Waals surface area contributed by atoms with Crippen molar-refractivity contribution < 1.29 is 20.1 Å². The average Bonchev–Trinajstić information content (AvgIpc) is 2.20. The number of nitrogens with one attached hydrogen (secondary N) is 1. The highest BCUT2D eigenvalue weighted by Gasteiger charge is 2.34. The van der Waals surface area contributed by atoms with Crippen LogP contribution in [0.15, 0.2) is 0 Å². The Morgan fingerprint density at radius 2 is 1.80 bits per heavy atom. The van der Waals surface area contributed by atoms with Gasteiger partial charge < -0.3 is 20.6 Å². The summed E-state index contributed by atoms with van der Waals surface area (Å²) in [7, 11) is 0. The highest BCUT2D eigenvalue weighted by molar-refractivity contribution is 5.76. The molecule has 0 amide bonds. The molecule has 0 aromatic carbocycles. The first-order valence-electron chi connectivity index (χ1n) is 5.15. The summed E-state index contributed by atoms with van der Waals surface area (Å²) in [6.45, 7) is 4.89. The van der Waals surface area contributed by atoms with Crippen molar-refractivity contribution in [2.45, 2.75) is 44.8 Å².